The highest BCUT2D eigenvalue weighted by Gasteiger charge is 2.12. The van der Waals surface area contributed by atoms with Crippen molar-refractivity contribution in [3.05, 3.63) is 12.3 Å². The summed E-state index contributed by atoms with van der Waals surface area (Å²) in [5.74, 6) is -1.06. The molecule has 5 heteroatoms. The van der Waals surface area contributed by atoms with Crippen LogP contribution >= 0.6 is 0 Å². The van der Waals surface area contributed by atoms with Crippen LogP contribution in [0.25, 0.3) is 0 Å². The zero-order valence-corrected chi connectivity index (χ0v) is 7.05. The number of carbonyl (C=O) groups excluding carboxylic acids is 2. The molecule has 12 heavy (non-hydrogen) atoms. The van der Waals surface area contributed by atoms with Gasteiger partial charge in [-0.15, -0.1) is 0 Å². The molecule has 0 heterocycles. The Hall–Kier alpha value is -1.52. The first-order valence-electron chi connectivity index (χ1n) is 3.37. The maximum atomic E-state index is 10.8. The first-order valence-corrected chi connectivity index (χ1v) is 3.37. The Morgan fingerprint density at radius 3 is 2.50 bits per heavy atom. The van der Waals surface area contributed by atoms with Crippen LogP contribution in [-0.2, 0) is 14.3 Å². The Kier molecular flexibility index (Phi) is 4.52. The van der Waals surface area contributed by atoms with E-state index < -0.39 is 12.1 Å². The number of hydrogen-bond donors (Lipinski definition) is 1. The monoisotopic (exact) mass is 173 g/mol. The second kappa shape index (κ2) is 5.17. The maximum Gasteiger partial charge on any atom is 0.412 e. The van der Waals surface area contributed by atoms with Gasteiger partial charge in [-0.1, -0.05) is 0 Å². The molecule has 0 bridgehead atoms. The van der Waals surface area contributed by atoms with Crippen LogP contribution in [0, 0.1) is 0 Å². The first-order chi connectivity index (χ1) is 5.61. The van der Waals surface area contributed by atoms with Gasteiger partial charge in [0.1, 0.15) is 0 Å². The molecule has 0 atom stereocenters. The third kappa shape index (κ3) is 3.60. The van der Waals surface area contributed by atoms with Crippen molar-refractivity contribution in [1.29, 1.82) is 0 Å². The number of carbonyl (C=O) groups is 2. The summed E-state index contributed by atoms with van der Waals surface area (Å²) in [5.41, 5.74) is 0. The summed E-state index contributed by atoms with van der Waals surface area (Å²) >= 11 is 0. The highest BCUT2D eigenvalue weighted by Crippen LogP contribution is 1.96. The van der Waals surface area contributed by atoms with Crippen molar-refractivity contribution in [2.75, 3.05) is 13.7 Å². The molecule has 68 valence electrons. The van der Waals surface area contributed by atoms with E-state index in [-0.39, 0.29) is 12.4 Å². The normalized spacial score (nSPS) is 8.50. The molecule has 0 aromatic rings. The molecule has 1 amide bonds. The number of amides is 1. The SMILES string of the molecule is C=C(OC(=O)NC)C(=O)OCC. The van der Waals surface area contributed by atoms with Crippen LogP contribution in [0.4, 0.5) is 4.79 Å². The summed E-state index contributed by atoms with van der Waals surface area (Å²) in [7, 11) is 1.38. The lowest BCUT2D eigenvalue weighted by molar-refractivity contribution is -0.141. The van der Waals surface area contributed by atoms with Gasteiger partial charge in [0.25, 0.3) is 0 Å². The molecule has 0 fully saturated rings. The van der Waals surface area contributed by atoms with Crippen molar-refractivity contribution >= 4 is 12.1 Å². The highest BCUT2D eigenvalue weighted by atomic mass is 16.6. The van der Waals surface area contributed by atoms with Crippen molar-refractivity contribution in [2.45, 2.75) is 6.92 Å². The highest BCUT2D eigenvalue weighted by molar-refractivity contribution is 5.88. The van der Waals surface area contributed by atoms with Gasteiger partial charge in [-0.3, -0.25) is 0 Å². The quantitative estimate of drug-likeness (QED) is 0.381. The fourth-order valence-corrected chi connectivity index (χ4v) is 0.416. The lowest BCUT2D eigenvalue weighted by Crippen LogP contribution is -2.22. The number of esters is 1. The van der Waals surface area contributed by atoms with E-state index in [4.69, 9.17) is 0 Å². The standard InChI is InChI=1S/C7H11NO4/c1-4-11-6(9)5(2)12-7(10)8-3/h2,4H2,1,3H3,(H,8,10). The van der Waals surface area contributed by atoms with Crippen molar-refractivity contribution in [3.63, 3.8) is 0 Å². The van der Waals surface area contributed by atoms with Crippen molar-refractivity contribution < 1.29 is 19.1 Å². The molecule has 0 radical (unpaired) electrons. The Bertz CT molecular complexity index is 200. The smallest absolute Gasteiger partial charge is 0.412 e. The lowest BCUT2D eigenvalue weighted by Gasteiger charge is -2.04. The number of alkyl carbamates (subject to hydrolysis) is 1. The fraction of sp³-hybridized carbons (Fsp3) is 0.429. The lowest BCUT2D eigenvalue weighted by atomic mass is 10.6. The summed E-state index contributed by atoms with van der Waals surface area (Å²) in [6.45, 7) is 5.06. The van der Waals surface area contributed by atoms with Crippen LogP contribution in [0.2, 0.25) is 0 Å². The fourth-order valence-electron chi connectivity index (χ4n) is 0.416. The van der Waals surface area contributed by atoms with E-state index in [0.29, 0.717) is 0 Å². The van der Waals surface area contributed by atoms with Crippen LogP contribution in [0.5, 0.6) is 0 Å². The predicted molar refractivity (Wildman–Crippen MR) is 41.3 cm³/mol. The average Bonchev–Trinajstić information content (AvgIpc) is 2.04. The van der Waals surface area contributed by atoms with E-state index in [0.717, 1.165) is 0 Å². The zero-order chi connectivity index (χ0) is 9.56. The van der Waals surface area contributed by atoms with E-state index in [9.17, 15) is 9.59 Å². The molecule has 0 aliphatic carbocycles. The summed E-state index contributed by atoms with van der Waals surface area (Å²) < 4.78 is 8.90. The van der Waals surface area contributed by atoms with Gasteiger partial charge in [-0.25, -0.2) is 9.59 Å². The molecular formula is C7H11NO4. The molecule has 0 aromatic carbocycles. The molecule has 5 nitrogen and oxygen atoms in total. The second-order valence-electron chi connectivity index (χ2n) is 1.78. The third-order valence-corrected chi connectivity index (χ3v) is 0.923. The minimum Gasteiger partial charge on any atom is -0.460 e. The number of hydrogen-bond acceptors (Lipinski definition) is 4. The van der Waals surface area contributed by atoms with E-state index in [2.05, 4.69) is 21.4 Å². The van der Waals surface area contributed by atoms with Crippen molar-refractivity contribution in [3.8, 4) is 0 Å². The molecule has 0 aliphatic heterocycles. The minimum absolute atomic E-state index is 0.217. The summed E-state index contributed by atoms with van der Waals surface area (Å²) in [4.78, 5) is 21.3. The Labute approximate surface area is 70.3 Å². The van der Waals surface area contributed by atoms with Gasteiger partial charge in [-0.2, -0.15) is 0 Å². The van der Waals surface area contributed by atoms with E-state index >= 15 is 0 Å². The Balaban J connectivity index is 3.87. The summed E-state index contributed by atoms with van der Waals surface area (Å²) in [6.07, 6.45) is -0.743. The zero-order valence-electron chi connectivity index (χ0n) is 7.05. The van der Waals surface area contributed by atoms with E-state index in [1.165, 1.54) is 7.05 Å². The Morgan fingerprint density at radius 1 is 1.50 bits per heavy atom. The molecule has 0 aliphatic rings. The van der Waals surface area contributed by atoms with Gasteiger partial charge in [0.05, 0.1) is 6.61 Å². The minimum atomic E-state index is -0.743. The molecule has 0 unspecified atom stereocenters. The van der Waals surface area contributed by atoms with Crippen LogP contribution in [0.3, 0.4) is 0 Å². The Morgan fingerprint density at radius 2 is 2.08 bits per heavy atom. The van der Waals surface area contributed by atoms with Crippen molar-refractivity contribution in [1.82, 2.24) is 5.32 Å². The van der Waals surface area contributed by atoms with Gasteiger partial charge >= 0.3 is 12.1 Å². The number of nitrogens with one attached hydrogen (secondary N) is 1. The summed E-state index contributed by atoms with van der Waals surface area (Å²) in [6, 6.07) is 0. The van der Waals surface area contributed by atoms with Gasteiger partial charge < -0.3 is 14.8 Å². The largest absolute Gasteiger partial charge is 0.460 e. The topological polar surface area (TPSA) is 64.6 Å². The number of ether oxygens (including phenoxy) is 2. The molecular weight excluding hydrogens is 162 g/mol. The second-order valence-corrected chi connectivity index (χ2v) is 1.78. The van der Waals surface area contributed by atoms with Crippen LogP contribution in [0.1, 0.15) is 6.92 Å². The third-order valence-electron chi connectivity index (χ3n) is 0.923. The van der Waals surface area contributed by atoms with E-state index in [1.807, 2.05) is 0 Å². The molecule has 0 spiro atoms. The van der Waals surface area contributed by atoms with Crippen LogP contribution in [-0.4, -0.2) is 25.7 Å². The molecule has 0 saturated heterocycles. The average molecular weight is 173 g/mol. The van der Waals surface area contributed by atoms with Gasteiger partial charge in [0.2, 0.25) is 5.76 Å². The van der Waals surface area contributed by atoms with E-state index in [1.54, 1.807) is 6.92 Å². The predicted octanol–water partition coefficient (Wildman–Crippen LogP) is 0.419. The van der Waals surface area contributed by atoms with Gasteiger partial charge in [0, 0.05) is 7.05 Å². The summed E-state index contributed by atoms with van der Waals surface area (Å²) in [5, 5.41) is 2.16. The van der Waals surface area contributed by atoms with Crippen molar-refractivity contribution in [2.24, 2.45) is 0 Å². The maximum absolute atomic E-state index is 10.8. The number of rotatable bonds is 3. The molecule has 0 aromatic heterocycles. The van der Waals surface area contributed by atoms with Gasteiger partial charge in [-0.05, 0) is 13.5 Å². The molecule has 0 saturated carbocycles. The molecule has 0 rings (SSSR count). The molecule has 1 N–H and O–H groups in total. The van der Waals surface area contributed by atoms with Crippen LogP contribution < -0.4 is 5.32 Å². The van der Waals surface area contributed by atoms with Crippen LogP contribution in [0.15, 0.2) is 12.3 Å². The first kappa shape index (κ1) is 10.5. The van der Waals surface area contributed by atoms with Gasteiger partial charge in [0.15, 0.2) is 0 Å².